The first-order chi connectivity index (χ1) is 17.5. The van der Waals surface area contributed by atoms with Gasteiger partial charge in [0.1, 0.15) is 24.2 Å². The summed E-state index contributed by atoms with van der Waals surface area (Å²) in [7, 11) is 0. The number of hydrogen-bond donors (Lipinski definition) is 9. The number of carboxylic acid groups (broad SMARTS) is 1. The number of nitrogens with zero attached hydrogens (tertiary/aromatic N) is 2. The lowest BCUT2D eigenvalue weighted by atomic mass is 10.1. The lowest BCUT2D eigenvalue weighted by Gasteiger charge is -2.25. The molecule has 5 unspecified atom stereocenters. The summed E-state index contributed by atoms with van der Waals surface area (Å²) in [5.74, 6) is -3.02. The van der Waals surface area contributed by atoms with Crippen LogP contribution in [0.1, 0.15) is 31.9 Å². The number of imidazole rings is 1. The maximum Gasteiger partial charge on any atom is 0.326 e. The molecule has 0 radical (unpaired) electrons. The van der Waals surface area contributed by atoms with Crippen LogP contribution in [-0.2, 0) is 25.6 Å². The van der Waals surface area contributed by atoms with E-state index >= 15 is 0 Å². The van der Waals surface area contributed by atoms with Crippen molar-refractivity contribution in [1.82, 2.24) is 25.9 Å². The van der Waals surface area contributed by atoms with Crippen molar-refractivity contribution in [3.05, 3.63) is 18.2 Å². The molecule has 0 saturated carbocycles. The molecule has 37 heavy (non-hydrogen) atoms. The Labute approximate surface area is 218 Å². The number of aromatic amines is 1. The van der Waals surface area contributed by atoms with Crippen LogP contribution in [0.2, 0.25) is 0 Å². The second-order valence-corrected chi connectivity index (χ2v) is 9.29. The summed E-state index contributed by atoms with van der Waals surface area (Å²) in [6, 6.07) is -4.73. The number of carbonyl (C=O) groups is 4. The zero-order chi connectivity index (χ0) is 28.0. The molecule has 0 aliphatic heterocycles. The molecule has 1 heterocycles. The van der Waals surface area contributed by atoms with Crippen LogP contribution in [0.4, 0.5) is 0 Å². The maximum atomic E-state index is 13.1. The molecule has 0 fully saturated rings. The second kappa shape index (κ2) is 16.4. The highest BCUT2D eigenvalue weighted by atomic mass is 32.2. The number of aliphatic carboxylic acids is 1. The second-order valence-electron chi connectivity index (χ2n) is 8.30. The molecular weight excluding hydrogens is 506 g/mol. The topological polar surface area (TPSA) is 264 Å². The van der Waals surface area contributed by atoms with Crippen LogP contribution in [0.3, 0.4) is 0 Å². The SMILES string of the molecule is CSCCC(NC(=O)C(N)C(C)O)C(=O)NC(CCCN=C(N)N)C(=O)NC(Cc1cnc[nH]1)C(=O)O. The molecular formula is C21H37N9O6S. The number of H-pyrrole nitrogens is 1. The molecule has 12 N–H and O–H groups in total. The van der Waals surface area contributed by atoms with Gasteiger partial charge in [-0.15, -0.1) is 0 Å². The predicted octanol–water partition coefficient (Wildman–Crippen LogP) is -2.99. The summed E-state index contributed by atoms with van der Waals surface area (Å²) in [6.45, 7) is 1.52. The van der Waals surface area contributed by atoms with Gasteiger partial charge in [0.15, 0.2) is 5.96 Å². The maximum absolute atomic E-state index is 13.1. The van der Waals surface area contributed by atoms with Gasteiger partial charge in [-0.2, -0.15) is 11.8 Å². The van der Waals surface area contributed by atoms with E-state index in [-0.39, 0.29) is 31.8 Å². The summed E-state index contributed by atoms with van der Waals surface area (Å²) >= 11 is 1.44. The standard InChI is InChI=1S/C21H37N9O6S/c1-11(31)16(22)19(34)29-14(5-7-37-2)18(33)28-13(4-3-6-26-21(23)24)17(32)30-15(20(35)36)8-12-9-25-10-27-12/h9-11,13-16,31H,3-8,22H2,1-2H3,(H,25,27)(H,28,33)(H,29,34)(H,30,32)(H,35,36)(H4,23,24,26). The van der Waals surface area contributed by atoms with Crippen molar-refractivity contribution in [2.45, 2.75) is 62.9 Å². The number of thioether (sulfide) groups is 1. The molecule has 1 rings (SSSR count). The third kappa shape index (κ3) is 11.9. The highest BCUT2D eigenvalue weighted by Crippen LogP contribution is 2.07. The van der Waals surface area contributed by atoms with Crippen molar-refractivity contribution in [3.8, 4) is 0 Å². The fourth-order valence-electron chi connectivity index (χ4n) is 3.12. The van der Waals surface area contributed by atoms with Crippen molar-refractivity contribution in [1.29, 1.82) is 0 Å². The average molecular weight is 544 g/mol. The number of aromatic nitrogens is 2. The minimum absolute atomic E-state index is 0.0562. The first kappa shape index (κ1) is 31.7. The van der Waals surface area contributed by atoms with E-state index in [1.807, 2.05) is 6.26 Å². The summed E-state index contributed by atoms with van der Waals surface area (Å²) in [5, 5.41) is 26.7. The van der Waals surface area contributed by atoms with Gasteiger partial charge < -0.3 is 48.3 Å². The van der Waals surface area contributed by atoms with E-state index in [1.165, 1.54) is 31.2 Å². The molecule has 0 aliphatic carbocycles. The Morgan fingerprint density at radius 1 is 1.08 bits per heavy atom. The average Bonchev–Trinajstić information content (AvgIpc) is 3.35. The minimum atomic E-state index is -1.29. The van der Waals surface area contributed by atoms with Gasteiger partial charge in [-0.25, -0.2) is 9.78 Å². The Bertz CT molecular complexity index is 908. The van der Waals surface area contributed by atoms with Crippen LogP contribution < -0.4 is 33.2 Å². The Balaban J connectivity index is 3.03. The monoisotopic (exact) mass is 543 g/mol. The van der Waals surface area contributed by atoms with Crippen LogP contribution in [0.15, 0.2) is 17.5 Å². The quantitative estimate of drug-likeness (QED) is 0.0543. The van der Waals surface area contributed by atoms with Crippen LogP contribution in [-0.4, -0.2) is 98.7 Å². The minimum Gasteiger partial charge on any atom is -0.480 e. The van der Waals surface area contributed by atoms with Crippen molar-refractivity contribution < 1.29 is 29.4 Å². The van der Waals surface area contributed by atoms with Gasteiger partial charge in [-0.05, 0) is 38.2 Å². The third-order valence-corrected chi connectivity index (χ3v) is 5.88. The lowest BCUT2D eigenvalue weighted by Crippen LogP contribution is -2.58. The molecule has 0 bridgehead atoms. The number of guanidine groups is 1. The predicted molar refractivity (Wildman–Crippen MR) is 138 cm³/mol. The van der Waals surface area contributed by atoms with E-state index in [0.29, 0.717) is 17.9 Å². The number of amides is 3. The van der Waals surface area contributed by atoms with E-state index in [2.05, 4.69) is 30.9 Å². The van der Waals surface area contributed by atoms with Crippen LogP contribution in [0.5, 0.6) is 0 Å². The Hall–Kier alpha value is -3.37. The Morgan fingerprint density at radius 3 is 2.19 bits per heavy atom. The van der Waals surface area contributed by atoms with Gasteiger partial charge in [-0.1, -0.05) is 0 Å². The molecule has 0 spiro atoms. The van der Waals surface area contributed by atoms with Crippen molar-refractivity contribution >= 4 is 41.4 Å². The molecule has 0 saturated heterocycles. The first-order valence-electron chi connectivity index (χ1n) is 11.5. The summed E-state index contributed by atoms with van der Waals surface area (Å²) < 4.78 is 0. The summed E-state index contributed by atoms with van der Waals surface area (Å²) in [4.78, 5) is 60.7. The lowest BCUT2D eigenvalue weighted by molar-refractivity contribution is -0.142. The number of nitrogens with two attached hydrogens (primary N) is 3. The van der Waals surface area contributed by atoms with Gasteiger partial charge >= 0.3 is 5.97 Å². The van der Waals surface area contributed by atoms with E-state index in [1.54, 1.807) is 0 Å². The van der Waals surface area contributed by atoms with E-state index < -0.39 is 54.0 Å². The number of nitrogens with one attached hydrogen (secondary N) is 4. The molecule has 0 aliphatic rings. The molecule has 5 atom stereocenters. The molecule has 0 aromatic carbocycles. The van der Waals surface area contributed by atoms with Crippen molar-refractivity contribution in [3.63, 3.8) is 0 Å². The van der Waals surface area contributed by atoms with Crippen LogP contribution >= 0.6 is 11.8 Å². The zero-order valence-corrected chi connectivity index (χ0v) is 21.7. The van der Waals surface area contributed by atoms with Gasteiger partial charge in [-0.3, -0.25) is 19.4 Å². The van der Waals surface area contributed by atoms with Gasteiger partial charge in [0, 0.05) is 24.9 Å². The fraction of sp³-hybridized carbons (Fsp3) is 0.619. The summed E-state index contributed by atoms with van der Waals surface area (Å²) in [5.41, 5.74) is 16.8. The Kier molecular flexibility index (Phi) is 14.0. The molecule has 208 valence electrons. The smallest absolute Gasteiger partial charge is 0.326 e. The number of aliphatic imine (C=N–C) groups is 1. The molecule has 1 aromatic heterocycles. The molecule has 3 amide bonds. The van der Waals surface area contributed by atoms with E-state index in [9.17, 15) is 29.4 Å². The number of carbonyl (C=O) groups excluding carboxylic acids is 3. The number of aliphatic hydroxyl groups excluding tert-OH is 1. The van der Waals surface area contributed by atoms with E-state index in [0.717, 1.165) is 0 Å². The van der Waals surface area contributed by atoms with Crippen molar-refractivity contribution in [2.75, 3.05) is 18.6 Å². The largest absolute Gasteiger partial charge is 0.480 e. The molecule has 16 heteroatoms. The van der Waals surface area contributed by atoms with Crippen molar-refractivity contribution in [2.24, 2.45) is 22.2 Å². The number of hydrogen-bond acceptors (Lipinski definition) is 9. The van der Waals surface area contributed by atoms with Gasteiger partial charge in [0.05, 0.1) is 12.4 Å². The van der Waals surface area contributed by atoms with Crippen LogP contribution in [0.25, 0.3) is 0 Å². The number of rotatable bonds is 17. The molecule has 15 nitrogen and oxygen atoms in total. The third-order valence-electron chi connectivity index (χ3n) is 5.24. The zero-order valence-electron chi connectivity index (χ0n) is 20.8. The normalized spacial score (nSPS) is 14.9. The van der Waals surface area contributed by atoms with Gasteiger partial charge in [0.2, 0.25) is 17.7 Å². The number of aliphatic hydroxyl groups is 1. The highest BCUT2D eigenvalue weighted by molar-refractivity contribution is 7.98. The Morgan fingerprint density at radius 2 is 1.68 bits per heavy atom. The van der Waals surface area contributed by atoms with Gasteiger partial charge in [0.25, 0.3) is 0 Å². The first-order valence-corrected chi connectivity index (χ1v) is 12.9. The summed E-state index contributed by atoms with van der Waals surface area (Å²) in [6.07, 6.45) is 4.06. The number of carboxylic acids is 1. The molecule has 1 aromatic rings. The van der Waals surface area contributed by atoms with E-state index in [4.69, 9.17) is 17.2 Å². The highest BCUT2D eigenvalue weighted by Gasteiger charge is 2.31. The fourth-order valence-corrected chi connectivity index (χ4v) is 3.60. The van der Waals surface area contributed by atoms with Crippen LogP contribution in [0, 0.1) is 0 Å².